The molecular weight excluding hydrogens is 308 g/mol. The lowest BCUT2D eigenvalue weighted by atomic mass is 10.1. The molecule has 0 spiro atoms. The van der Waals surface area contributed by atoms with Gasteiger partial charge >= 0.3 is 0 Å². The molecule has 1 aromatic carbocycles. The number of carbonyl (C=O) groups is 1. The molecule has 3 N–H and O–H groups in total. The molecule has 6 heteroatoms. The molecule has 1 atom stereocenters. The maximum absolute atomic E-state index is 11.9. The zero-order chi connectivity index (χ0) is 13.8. The fourth-order valence-corrected chi connectivity index (χ4v) is 2.14. The average Bonchev–Trinajstić information content (AvgIpc) is 2.82. The lowest BCUT2D eigenvalue weighted by molar-refractivity contribution is -0.122. The van der Waals surface area contributed by atoms with Crippen molar-refractivity contribution in [1.29, 1.82) is 0 Å². The Morgan fingerprint density at radius 1 is 1.58 bits per heavy atom. The van der Waals surface area contributed by atoms with Gasteiger partial charge in [0.2, 0.25) is 5.91 Å². The van der Waals surface area contributed by atoms with Crippen LogP contribution in [0.4, 0.5) is 0 Å². The quantitative estimate of drug-likeness (QED) is 0.895. The van der Waals surface area contributed by atoms with E-state index in [1.54, 1.807) is 24.1 Å². The van der Waals surface area contributed by atoms with E-state index in [1.165, 1.54) is 0 Å². The number of aromatic nitrogens is 2. The molecule has 0 fully saturated rings. The van der Waals surface area contributed by atoms with Gasteiger partial charge in [0.1, 0.15) is 6.04 Å². The molecule has 0 aliphatic heterocycles. The van der Waals surface area contributed by atoms with Crippen molar-refractivity contribution in [2.24, 2.45) is 12.8 Å². The first-order chi connectivity index (χ1) is 9.06. The van der Waals surface area contributed by atoms with Crippen LogP contribution in [0.15, 0.2) is 41.1 Å². The third-order valence-corrected chi connectivity index (χ3v) is 3.22. The maximum atomic E-state index is 11.9. The average molecular weight is 323 g/mol. The van der Waals surface area contributed by atoms with Gasteiger partial charge in [-0.25, -0.2) is 0 Å². The van der Waals surface area contributed by atoms with Crippen LogP contribution in [0.5, 0.6) is 0 Å². The summed E-state index contributed by atoms with van der Waals surface area (Å²) in [5.41, 5.74) is 7.59. The molecule has 2 rings (SSSR count). The highest BCUT2D eigenvalue weighted by Crippen LogP contribution is 2.12. The number of hydrogen-bond donors (Lipinski definition) is 2. The van der Waals surface area contributed by atoms with Crippen LogP contribution in [0.25, 0.3) is 0 Å². The summed E-state index contributed by atoms with van der Waals surface area (Å²) in [6.07, 6.45) is 3.34. The number of amides is 1. The summed E-state index contributed by atoms with van der Waals surface area (Å²) in [5.74, 6) is -0.215. The van der Waals surface area contributed by atoms with Gasteiger partial charge < -0.3 is 11.1 Å². The molecule has 100 valence electrons. The molecule has 1 amide bonds. The van der Waals surface area contributed by atoms with Gasteiger partial charge in [-0.1, -0.05) is 28.1 Å². The summed E-state index contributed by atoms with van der Waals surface area (Å²) in [7, 11) is 1.79. The van der Waals surface area contributed by atoms with E-state index in [4.69, 9.17) is 5.73 Å². The zero-order valence-electron chi connectivity index (χ0n) is 10.5. The Morgan fingerprint density at radius 3 is 3.00 bits per heavy atom. The standard InChI is InChI=1S/C13H15BrN4O/c1-18-8-10(7-17-18)12(15)13(19)16-6-9-3-2-4-11(14)5-9/h2-5,7-8,12H,6,15H2,1H3,(H,16,19). The van der Waals surface area contributed by atoms with Crippen molar-refractivity contribution < 1.29 is 4.79 Å². The SMILES string of the molecule is Cn1cc(C(N)C(=O)NCc2cccc(Br)c2)cn1. The van der Waals surface area contributed by atoms with Crippen LogP contribution in [-0.4, -0.2) is 15.7 Å². The number of carbonyl (C=O) groups excluding carboxylic acids is 1. The van der Waals surface area contributed by atoms with Crippen LogP contribution in [0, 0.1) is 0 Å². The summed E-state index contributed by atoms with van der Waals surface area (Å²) in [4.78, 5) is 11.9. The van der Waals surface area contributed by atoms with Gasteiger partial charge in [0.15, 0.2) is 0 Å². The summed E-state index contributed by atoms with van der Waals surface area (Å²) in [6, 6.07) is 7.07. The molecular formula is C13H15BrN4O. The number of halogens is 1. The molecule has 0 bridgehead atoms. The molecule has 1 aromatic heterocycles. The molecule has 0 saturated carbocycles. The van der Waals surface area contributed by atoms with Crippen molar-refractivity contribution in [3.63, 3.8) is 0 Å². The van der Waals surface area contributed by atoms with Gasteiger partial charge in [-0.05, 0) is 17.7 Å². The Morgan fingerprint density at radius 2 is 2.37 bits per heavy atom. The number of hydrogen-bond acceptors (Lipinski definition) is 3. The second kappa shape index (κ2) is 5.99. The Hall–Kier alpha value is -1.66. The van der Waals surface area contributed by atoms with E-state index in [9.17, 15) is 4.79 Å². The number of nitrogens with zero attached hydrogens (tertiary/aromatic N) is 2. The number of rotatable bonds is 4. The van der Waals surface area contributed by atoms with E-state index in [1.807, 2.05) is 24.3 Å². The Labute approximate surface area is 119 Å². The van der Waals surface area contributed by atoms with Crippen LogP contribution in [0.1, 0.15) is 17.2 Å². The van der Waals surface area contributed by atoms with Crippen LogP contribution < -0.4 is 11.1 Å². The first kappa shape index (κ1) is 13.8. The Bertz CT molecular complexity index is 582. The Kier molecular flexibility index (Phi) is 4.34. The molecule has 19 heavy (non-hydrogen) atoms. The summed E-state index contributed by atoms with van der Waals surface area (Å²) >= 11 is 3.39. The lowest BCUT2D eigenvalue weighted by Gasteiger charge is -2.10. The fraction of sp³-hybridized carbons (Fsp3) is 0.231. The highest BCUT2D eigenvalue weighted by molar-refractivity contribution is 9.10. The molecule has 0 saturated heterocycles. The molecule has 0 aliphatic carbocycles. The zero-order valence-corrected chi connectivity index (χ0v) is 12.1. The number of nitrogens with one attached hydrogen (secondary N) is 1. The van der Waals surface area contributed by atoms with Crippen LogP contribution in [-0.2, 0) is 18.4 Å². The first-order valence-corrected chi connectivity index (χ1v) is 6.62. The summed E-state index contributed by atoms with van der Waals surface area (Å²) < 4.78 is 2.60. The second-order valence-corrected chi connectivity index (χ2v) is 5.19. The fourth-order valence-electron chi connectivity index (χ4n) is 1.70. The molecule has 1 unspecified atom stereocenters. The number of aryl methyl sites for hydroxylation is 1. The second-order valence-electron chi connectivity index (χ2n) is 4.27. The summed E-state index contributed by atoms with van der Waals surface area (Å²) in [5, 5.41) is 6.81. The smallest absolute Gasteiger partial charge is 0.241 e. The molecule has 5 nitrogen and oxygen atoms in total. The van der Waals surface area contributed by atoms with Gasteiger partial charge in [0, 0.05) is 29.8 Å². The Balaban J connectivity index is 1.94. The highest BCUT2D eigenvalue weighted by atomic mass is 79.9. The van der Waals surface area contributed by atoms with Crippen LogP contribution in [0.3, 0.4) is 0 Å². The van der Waals surface area contributed by atoms with Crippen LogP contribution in [0.2, 0.25) is 0 Å². The van der Waals surface area contributed by atoms with Crippen molar-refractivity contribution in [2.75, 3.05) is 0 Å². The maximum Gasteiger partial charge on any atom is 0.241 e. The van der Waals surface area contributed by atoms with E-state index >= 15 is 0 Å². The van der Waals surface area contributed by atoms with E-state index in [0.29, 0.717) is 12.1 Å². The lowest BCUT2D eigenvalue weighted by Crippen LogP contribution is -2.33. The third-order valence-electron chi connectivity index (χ3n) is 2.72. The van der Waals surface area contributed by atoms with Crippen molar-refractivity contribution in [2.45, 2.75) is 12.6 Å². The first-order valence-electron chi connectivity index (χ1n) is 5.82. The van der Waals surface area contributed by atoms with Gasteiger partial charge in [0.05, 0.1) is 6.20 Å². The van der Waals surface area contributed by atoms with Gasteiger partial charge in [-0.3, -0.25) is 9.48 Å². The topological polar surface area (TPSA) is 72.9 Å². The highest BCUT2D eigenvalue weighted by Gasteiger charge is 2.16. The minimum Gasteiger partial charge on any atom is -0.350 e. The van der Waals surface area contributed by atoms with Crippen molar-refractivity contribution in [3.8, 4) is 0 Å². The van der Waals surface area contributed by atoms with Crippen molar-refractivity contribution in [3.05, 3.63) is 52.3 Å². The predicted molar refractivity (Wildman–Crippen MR) is 76.1 cm³/mol. The molecule has 2 aromatic rings. The van der Waals surface area contributed by atoms with Gasteiger partial charge in [0.25, 0.3) is 0 Å². The minimum atomic E-state index is -0.694. The number of nitrogens with two attached hydrogens (primary N) is 1. The summed E-state index contributed by atoms with van der Waals surface area (Å²) in [6.45, 7) is 0.451. The van der Waals surface area contributed by atoms with E-state index in [0.717, 1.165) is 10.0 Å². The van der Waals surface area contributed by atoms with Crippen molar-refractivity contribution in [1.82, 2.24) is 15.1 Å². The normalized spacial score (nSPS) is 12.2. The monoisotopic (exact) mass is 322 g/mol. The van der Waals surface area contributed by atoms with E-state index in [-0.39, 0.29) is 5.91 Å². The molecule has 1 heterocycles. The van der Waals surface area contributed by atoms with E-state index in [2.05, 4.69) is 26.3 Å². The van der Waals surface area contributed by atoms with Gasteiger partial charge in [-0.15, -0.1) is 0 Å². The third kappa shape index (κ3) is 3.65. The van der Waals surface area contributed by atoms with Crippen molar-refractivity contribution >= 4 is 21.8 Å². The predicted octanol–water partition coefficient (Wildman–Crippen LogP) is 1.50. The van der Waals surface area contributed by atoms with Crippen LogP contribution >= 0.6 is 15.9 Å². The van der Waals surface area contributed by atoms with E-state index < -0.39 is 6.04 Å². The number of benzene rings is 1. The minimum absolute atomic E-state index is 0.215. The largest absolute Gasteiger partial charge is 0.350 e. The molecule has 0 radical (unpaired) electrons. The van der Waals surface area contributed by atoms with Gasteiger partial charge in [-0.2, -0.15) is 5.10 Å². The molecule has 0 aliphatic rings.